The van der Waals surface area contributed by atoms with E-state index in [0.717, 1.165) is 31.5 Å². The molecule has 0 saturated carbocycles. The molecule has 1 saturated heterocycles. The quantitative estimate of drug-likeness (QED) is 0.749. The highest BCUT2D eigenvalue weighted by Gasteiger charge is 2.33. The largest absolute Gasteiger partial charge is 0.384 e. The average Bonchev–Trinajstić information content (AvgIpc) is 2.59. The second-order valence-corrected chi connectivity index (χ2v) is 6.34. The van der Waals surface area contributed by atoms with Crippen LogP contribution >= 0.6 is 12.4 Å². The first-order valence-electron chi connectivity index (χ1n) is 8.28. The molecule has 0 radical (unpaired) electrons. The van der Waals surface area contributed by atoms with Crippen LogP contribution in [0.5, 0.6) is 0 Å². The van der Waals surface area contributed by atoms with Gasteiger partial charge in [-0.15, -0.1) is 12.4 Å². The summed E-state index contributed by atoms with van der Waals surface area (Å²) in [6.45, 7) is 5.50. The van der Waals surface area contributed by atoms with Crippen molar-refractivity contribution in [3.8, 4) is 0 Å². The van der Waals surface area contributed by atoms with Gasteiger partial charge in [-0.1, -0.05) is 30.3 Å². The summed E-state index contributed by atoms with van der Waals surface area (Å²) >= 11 is 0. The number of rotatable bonds is 8. The number of piperidine rings is 1. The highest BCUT2D eigenvalue weighted by molar-refractivity contribution is 5.85. The smallest absolute Gasteiger partial charge is 0.248 e. The maximum Gasteiger partial charge on any atom is 0.248 e. The van der Waals surface area contributed by atoms with Crippen LogP contribution in [0.15, 0.2) is 30.3 Å². The lowest BCUT2D eigenvalue weighted by Gasteiger charge is -2.37. The Morgan fingerprint density at radius 3 is 2.58 bits per heavy atom. The van der Waals surface area contributed by atoms with Crippen molar-refractivity contribution >= 4 is 18.3 Å². The molecule has 0 aromatic heterocycles. The van der Waals surface area contributed by atoms with Crippen LogP contribution in [0, 0.1) is 5.41 Å². The van der Waals surface area contributed by atoms with Gasteiger partial charge < -0.3 is 20.1 Å². The molecule has 1 aliphatic rings. The fourth-order valence-corrected chi connectivity index (χ4v) is 2.92. The molecular weight excluding hydrogens is 328 g/mol. The van der Waals surface area contributed by atoms with Crippen molar-refractivity contribution in [1.29, 1.82) is 0 Å². The Morgan fingerprint density at radius 2 is 1.96 bits per heavy atom. The first kappa shape index (κ1) is 20.9. The SMILES string of the molecule is COCC1(CNC(=O)C(C)OCc2ccccc2)CCNCC1.Cl. The lowest BCUT2D eigenvalue weighted by Crippen LogP contribution is -2.48. The Labute approximate surface area is 150 Å². The van der Waals surface area contributed by atoms with Gasteiger partial charge in [-0.05, 0) is 38.4 Å². The monoisotopic (exact) mass is 356 g/mol. The molecule has 5 nitrogen and oxygen atoms in total. The van der Waals surface area contributed by atoms with E-state index in [2.05, 4.69) is 10.6 Å². The number of halogens is 1. The van der Waals surface area contributed by atoms with E-state index in [-0.39, 0.29) is 23.7 Å². The van der Waals surface area contributed by atoms with E-state index in [9.17, 15) is 4.79 Å². The zero-order valence-electron chi connectivity index (χ0n) is 14.5. The van der Waals surface area contributed by atoms with E-state index in [1.807, 2.05) is 30.3 Å². The molecule has 2 N–H and O–H groups in total. The Kier molecular flexibility index (Phi) is 9.29. The Bertz CT molecular complexity index is 473. The van der Waals surface area contributed by atoms with Crippen LogP contribution in [-0.2, 0) is 20.9 Å². The summed E-state index contributed by atoms with van der Waals surface area (Å²) in [5, 5.41) is 6.40. The number of methoxy groups -OCH3 is 1. The number of ether oxygens (including phenoxy) is 2. The fourth-order valence-electron chi connectivity index (χ4n) is 2.92. The summed E-state index contributed by atoms with van der Waals surface area (Å²) in [4.78, 5) is 12.3. The third-order valence-corrected chi connectivity index (χ3v) is 4.46. The van der Waals surface area contributed by atoms with Gasteiger partial charge in [-0.2, -0.15) is 0 Å². The molecule has 136 valence electrons. The van der Waals surface area contributed by atoms with Crippen LogP contribution in [0.1, 0.15) is 25.3 Å². The number of amides is 1. The zero-order valence-corrected chi connectivity index (χ0v) is 15.4. The summed E-state index contributed by atoms with van der Waals surface area (Å²) in [5.74, 6) is -0.0602. The van der Waals surface area contributed by atoms with E-state index < -0.39 is 6.10 Å². The normalized spacial score (nSPS) is 17.6. The van der Waals surface area contributed by atoms with E-state index in [4.69, 9.17) is 9.47 Å². The van der Waals surface area contributed by atoms with Crippen LogP contribution < -0.4 is 10.6 Å². The topological polar surface area (TPSA) is 59.6 Å². The molecule has 6 heteroatoms. The summed E-state index contributed by atoms with van der Waals surface area (Å²) in [6, 6.07) is 9.89. The van der Waals surface area contributed by atoms with Gasteiger partial charge in [0, 0.05) is 19.1 Å². The van der Waals surface area contributed by atoms with Crippen molar-refractivity contribution in [3.63, 3.8) is 0 Å². The molecule has 1 atom stereocenters. The maximum atomic E-state index is 12.3. The van der Waals surface area contributed by atoms with Gasteiger partial charge in [0.05, 0.1) is 13.2 Å². The second-order valence-electron chi connectivity index (χ2n) is 6.34. The van der Waals surface area contributed by atoms with Crippen molar-refractivity contribution in [2.75, 3.05) is 33.4 Å². The Morgan fingerprint density at radius 1 is 1.29 bits per heavy atom. The summed E-state index contributed by atoms with van der Waals surface area (Å²) < 4.78 is 11.0. The number of nitrogens with one attached hydrogen (secondary N) is 2. The van der Waals surface area contributed by atoms with Crippen molar-refractivity contribution in [2.24, 2.45) is 5.41 Å². The minimum absolute atomic E-state index is 0. The molecule has 0 spiro atoms. The molecule has 1 aromatic carbocycles. The molecule has 1 aromatic rings. The molecule has 1 aliphatic heterocycles. The zero-order chi connectivity index (χ0) is 16.5. The van der Waals surface area contributed by atoms with E-state index in [1.165, 1.54) is 0 Å². The number of benzene rings is 1. The Hall–Kier alpha value is -1.14. The standard InChI is InChI=1S/C18H28N2O3.ClH/c1-15(23-12-16-6-4-3-5-7-16)17(21)20-13-18(14-22-2)8-10-19-11-9-18;/h3-7,15,19H,8-14H2,1-2H3,(H,20,21);1H. The van der Waals surface area contributed by atoms with E-state index in [1.54, 1.807) is 14.0 Å². The summed E-state index contributed by atoms with van der Waals surface area (Å²) in [6.07, 6.45) is 1.57. The van der Waals surface area contributed by atoms with Gasteiger partial charge in [0.2, 0.25) is 5.91 Å². The van der Waals surface area contributed by atoms with Gasteiger partial charge in [0.1, 0.15) is 6.10 Å². The number of carbonyl (C=O) groups excluding carboxylic acids is 1. The van der Waals surface area contributed by atoms with Gasteiger partial charge in [-0.3, -0.25) is 4.79 Å². The molecule has 0 aliphatic carbocycles. The van der Waals surface area contributed by atoms with Crippen molar-refractivity contribution in [2.45, 2.75) is 32.5 Å². The molecule has 1 fully saturated rings. The third kappa shape index (κ3) is 6.40. The highest BCUT2D eigenvalue weighted by atomic mass is 35.5. The fraction of sp³-hybridized carbons (Fsp3) is 0.611. The molecule has 1 heterocycles. The third-order valence-electron chi connectivity index (χ3n) is 4.46. The number of carbonyl (C=O) groups is 1. The van der Waals surface area contributed by atoms with Gasteiger partial charge in [-0.25, -0.2) is 0 Å². The van der Waals surface area contributed by atoms with E-state index >= 15 is 0 Å². The van der Waals surface area contributed by atoms with E-state index in [0.29, 0.717) is 19.8 Å². The molecule has 24 heavy (non-hydrogen) atoms. The highest BCUT2D eigenvalue weighted by Crippen LogP contribution is 2.28. The molecule has 1 unspecified atom stereocenters. The van der Waals surface area contributed by atoms with Crippen molar-refractivity contribution in [1.82, 2.24) is 10.6 Å². The average molecular weight is 357 g/mol. The molecular formula is C18H29ClN2O3. The van der Waals surface area contributed by atoms with Crippen LogP contribution in [0.4, 0.5) is 0 Å². The summed E-state index contributed by atoms with van der Waals surface area (Å²) in [5.41, 5.74) is 1.11. The first-order valence-corrected chi connectivity index (χ1v) is 8.28. The van der Waals surface area contributed by atoms with Crippen molar-refractivity contribution in [3.05, 3.63) is 35.9 Å². The minimum atomic E-state index is -0.462. The molecule has 2 rings (SSSR count). The number of hydrogen-bond acceptors (Lipinski definition) is 4. The predicted octanol–water partition coefficient (Wildman–Crippen LogP) is 2.15. The van der Waals surface area contributed by atoms with Gasteiger partial charge in [0.25, 0.3) is 0 Å². The van der Waals surface area contributed by atoms with Crippen LogP contribution in [-0.4, -0.2) is 45.4 Å². The summed E-state index contributed by atoms with van der Waals surface area (Å²) in [7, 11) is 1.72. The number of hydrogen-bond donors (Lipinski definition) is 2. The predicted molar refractivity (Wildman–Crippen MR) is 97.4 cm³/mol. The molecule has 0 bridgehead atoms. The minimum Gasteiger partial charge on any atom is -0.384 e. The lowest BCUT2D eigenvalue weighted by atomic mass is 9.79. The van der Waals surface area contributed by atoms with Gasteiger partial charge >= 0.3 is 0 Å². The second kappa shape index (κ2) is 10.7. The molecule has 1 amide bonds. The van der Waals surface area contributed by atoms with Crippen LogP contribution in [0.25, 0.3) is 0 Å². The Balaban J connectivity index is 0.00000288. The van der Waals surface area contributed by atoms with Crippen molar-refractivity contribution < 1.29 is 14.3 Å². The lowest BCUT2D eigenvalue weighted by molar-refractivity contribution is -0.133. The first-order chi connectivity index (χ1) is 11.2. The maximum absolute atomic E-state index is 12.3. The van der Waals surface area contributed by atoms with Crippen LogP contribution in [0.3, 0.4) is 0 Å². The van der Waals surface area contributed by atoms with Gasteiger partial charge in [0.15, 0.2) is 0 Å². The van der Waals surface area contributed by atoms with Crippen LogP contribution in [0.2, 0.25) is 0 Å².